The van der Waals surface area contributed by atoms with E-state index in [9.17, 15) is 9.59 Å². The minimum absolute atomic E-state index is 0.0709. The van der Waals surface area contributed by atoms with Crippen molar-refractivity contribution in [1.82, 2.24) is 29.7 Å². The molecule has 1 aliphatic heterocycles. The molecule has 2 aromatic heterocycles. The second kappa shape index (κ2) is 9.44. The number of carbonyl (C=O) groups excluding carboxylic acids is 1. The van der Waals surface area contributed by atoms with Crippen molar-refractivity contribution in [2.45, 2.75) is 13.1 Å². The van der Waals surface area contributed by atoms with Crippen LogP contribution in [0.4, 0.5) is 0 Å². The Morgan fingerprint density at radius 3 is 2.59 bits per heavy atom. The third-order valence-corrected chi connectivity index (χ3v) is 5.95. The van der Waals surface area contributed by atoms with Gasteiger partial charge in [-0.3, -0.25) is 14.5 Å². The van der Waals surface area contributed by atoms with Crippen LogP contribution in [0.1, 0.15) is 5.89 Å². The van der Waals surface area contributed by atoms with Gasteiger partial charge in [-0.2, -0.15) is 10.1 Å². The SMILES string of the molecule is COc1ccc(-c2noc(CN3CCN(C(=O)Cn4ncc5ccccc5c4=O)CC3)n2)cc1. The number of aromatic nitrogens is 4. The first-order valence-corrected chi connectivity index (χ1v) is 11.0. The summed E-state index contributed by atoms with van der Waals surface area (Å²) in [4.78, 5) is 33.8. The molecule has 0 N–H and O–H groups in total. The molecular formula is C24H24N6O4. The Bertz CT molecular complexity index is 1360. The van der Waals surface area contributed by atoms with Crippen molar-refractivity contribution in [2.24, 2.45) is 0 Å². The highest BCUT2D eigenvalue weighted by atomic mass is 16.5. The number of ether oxygens (including phenoxy) is 1. The molecule has 2 aromatic carbocycles. The lowest BCUT2D eigenvalue weighted by Crippen LogP contribution is -2.49. The molecule has 5 rings (SSSR count). The summed E-state index contributed by atoms with van der Waals surface area (Å²) in [7, 11) is 1.62. The molecular weight excluding hydrogens is 436 g/mol. The normalized spacial score (nSPS) is 14.4. The summed E-state index contributed by atoms with van der Waals surface area (Å²) in [5.41, 5.74) is 0.595. The van der Waals surface area contributed by atoms with Gasteiger partial charge in [0.05, 0.1) is 25.2 Å². The van der Waals surface area contributed by atoms with E-state index in [4.69, 9.17) is 9.26 Å². The number of fused-ring (bicyclic) bond motifs is 1. The van der Waals surface area contributed by atoms with E-state index < -0.39 is 0 Å². The molecule has 34 heavy (non-hydrogen) atoms. The molecule has 1 aliphatic rings. The molecule has 1 saturated heterocycles. The fourth-order valence-electron chi connectivity index (χ4n) is 3.99. The molecule has 1 amide bonds. The summed E-state index contributed by atoms with van der Waals surface area (Å²) in [6, 6.07) is 14.7. The quantitative estimate of drug-likeness (QED) is 0.429. The van der Waals surface area contributed by atoms with Gasteiger partial charge in [-0.25, -0.2) is 4.68 Å². The monoisotopic (exact) mass is 460 g/mol. The number of nitrogens with zero attached hydrogens (tertiary/aromatic N) is 6. The smallest absolute Gasteiger partial charge is 0.275 e. The summed E-state index contributed by atoms with van der Waals surface area (Å²) in [5.74, 6) is 1.70. The zero-order valence-electron chi connectivity index (χ0n) is 18.8. The minimum atomic E-state index is -0.255. The summed E-state index contributed by atoms with van der Waals surface area (Å²) >= 11 is 0. The van der Waals surface area contributed by atoms with Crippen LogP contribution in [0, 0.1) is 0 Å². The van der Waals surface area contributed by atoms with E-state index in [1.54, 1.807) is 30.3 Å². The van der Waals surface area contributed by atoms with Gasteiger partial charge in [0, 0.05) is 37.1 Å². The third-order valence-electron chi connectivity index (χ3n) is 5.95. The van der Waals surface area contributed by atoms with Gasteiger partial charge in [-0.15, -0.1) is 0 Å². The summed E-state index contributed by atoms with van der Waals surface area (Å²) in [6.45, 7) is 2.90. The van der Waals surface area contributed by atoms with Gasteiger partial charge < -0.3 is 14.2 Å². The fourth-order valence-corrected chi connectivity index (χ4v) is 3.99. The summed E-state index contributed by atoms with van der Waals surface area (Å²) in [5, 5.41) is 9.55. The van der Waals surface area contributed by atoms with Crippen LogP contribution in [0.5, 0.6) is 5.75 Å². The molecule has 4 aromatic rings. The molecule has 0 unspecified atom stereocenters. The molecule has 0 spiro atoms. The predicted molar refractivity (Wildman–Crippen MR) is 124 cm³/mol. The molecule has 10 nitrogen and oxygen atoms in total. The second-order valence-electron chi connectivity index (χ2n) is 8.09. The van der Waals surface area contributed by atoms with Crippen LogP contribution < -0.4 is 10.3 Å². The first-order chi connectivity index (χ1) is 16.6. The molecule has 10 heteroatoms. The van der Waals surface area contributed by atoms with Crippen LogP contribution in [-0.2, 0) is 17.9 Å². The first kappa shape index (κ1) is 21.8. The number of rotatable bonds is 6. The van der Waals surface area contributed by atoms with E-state index in [0.717, 1.165) is 16.7 Å². The van der Waals surface area contributed by atoms with Crippen LogP contribution in [0.15, 0.2) is 64.0 Å². The highest BCUT2D eigenvalue weighted by molar-refractivity contribution is 5.81. The molecule has 3 heterocycles. The van der Waals surface area contributed by atoms with Gasteiger partial charge >= 0.3 is 0 Å². The van der Waals surface area contributed by atoms with E-state index in [1.807, 2.05) is 36.4 Å². The Kier molecular flexibility index (Phi) is 6.05. The van der Waals surface area contributed by atoms with Crippen molar-refractivity contribution in [1.29, 1.82) is 0 Å². The highest BCUT2D eigenvalue weighted by Crippen LogP contribution is 2.20. The average Bonchev–Trinajstić information content (AvgIpc) is 3.35. The zero-order chi connectivity index (χ0) is 23.5. The van der Waals surface area contributed by atoms with Gasteiger partial charge in [0.2, 0.25) is 17.6 Å². The van der Waals surface area contributed by atoms with Gasteiger partial charge in [0.15, 0.2) is 0 Å². The number of amides is 1. The predicted octanol–water partition coefficient (Wildman–Crippen LogP) is 1.80. The van der Waals surface area contributed by atoms with Crippen LogP contribution in [0.2, 0.25) is 0 Å². The summed E-state index contributed by atoms with van der Waals surface area (Å²) in [6.07, 6.45) is 1.62. The topological polar surface area (TPSA) is 107 Å². The van der Waals surface area contributed by atoms with E-state index in [-0.39, 0.29) is 18.0 Å². The minimum Gasteiger partial charge on any atom is -0.497 e. The zero-order valence-corrected chi connectivity index (χ0v) is 18.8. The van der Waals surface area contributed by atoms with Crippen molar-refractivity contribution < 1.29 is 14.1 Å². The maximum absolute atomic E-state index is 12.8. The van der Waals surface area contributed by atoms with Gasteiger partial charge in [0.25, 0.3) is 5.56 Å². The van der Waals surface area contributed by atoms with Crippen LogP contribution >= 0.6 is 0 Å². The fraction of sp³-hybridized carbons (Fsp3) is 0.292. The molecule has 174 valence electrons. The maximum Gasteiger partial charge on any atom is 0.275 e. The Hall–Kier alpha value is -4.05. The maximum atomic E-state index is 12.8. The van der Waals surface area contributed by atoms with Crippen molar-refractivity contribution in [3.05, 3.63) is 71.0 Å². The molecule has 0 aliphatic carbocycles. The Balaban J connectivity index is 1.16. The van der Waals surface area contributed by atoms with Crippen molar-refractivity contribution in [3.63, 3.8) is 0 Å². The number of piperazine rings is 1. The number of hydrogen-bond acceptors (Lipinski definition) is 8. The van der Waals surface area contributed by atoms with Crippen LogP contribution in [-0.4, -0.2) is 68.9 Å². The number of benzene rings is 2. The van der Waals surface area contributed by atoms with Crippen molar-refractivity contribution in [2.75, 3.05) is 33.3 Å². The second-order valence-corrected chi connectivity index (χ2v) is 8.09. The lowest BCUT2D eigenvalue weighted by atomic mass is 10.2. The Morgan fingerprint density at radius 1 is 1.06 bits per heavy atom. The largest absolute Gasteiger partial charge is 0.497 e. The molecule has 0 atom stereocenters. The van der Waals surface area contributed by atoms with Gasteiger partial charge in [-0.05, 0) is 30.3 Å². The average molecular weight is 460 g/mol. The number of carbonyl (C=O) groups is 1. The molecule has 0 saturated carbocycles. The van der Waals surface area contributed by atoms with E-state index in [1.165, 1.54) is 4.68 Å². The van der Waals surface area contributed by atoms with E-state index >= 15 is 0 Å². The highest BCUT2D eigenvalue weighted by Gasteiger charge is 2.23. The molecule has 1 fully saturated rings. The Morgan fingerprint density at radius 2 is 1.82 bits per heavy atom. The molecule has 0 bridgehead atoms. The lowest BCUT2D eigenvalue weighted by molar-refractivity contribution is -0.134. The Labute approximate surface area is 195 Å². The van der Waals surface area contributed by atoms with E-state index in [0.29, 0.717) is 49.8 Å². The summed E-state index contributed by atoms with van der Waals surface area (Å²) < 4.78 is 11.8. The number of methoxy groups -OCH3 is 1. The van der Waals surface area contributed by atoms with Crippen molar-refractivity contribution >= 4 is 16.7 Å². The lowest BCUT2D eigenvalue weighted by Gasteiger charge is -2.33. The number of hydrogen-bond donors (Lipinski definition) is 0. The molecule has 0 radical (unpaired) electrons. The first-order valence-electron chi connectivity index (χ1n) is 11.0. The van der Waals surface area contributed by atoms with Crippen molar-refractivity contribution in [3.8, 4) is 17.1 Å². The standard InChI is InChI=1S/C24H24N6O4/c1-33-19-8-6-17(7-9-19)23-26-21(34-27-23)15-28-10-12-29(13-11-28)22(31)16-30-24(32)20-5-3-2-4-18(20)14-25-30/h2-9,14H,10-13,15-16H2,1H3. The van der Waals surface area contributed by atoms with Crippen LogP contribution in [0.3, 0.4) is 0 Å². The van der Waals surface area contributed by atoms with Gasteiger partial charge in [0.1, 0.15) is 12.3 Å². The third kappa shape index (κ3) is 4.53. The van der Waals surface area contributed by atoms with E-state index in [2.05, 4.69) is 20.1 Å². The van der Waals surface area contributed by atoms with Gasteiger partial charge in [-0.1, -0.05) is 23.4 Å². The van der Waals surface area contributed by atoms with Crippen LogP contribution in [0.25, 0.3) is 22.2 Å².